The van der Waals surface area contributed by atoms with E-state index in [1.54, 1.807) is 37.7 Å². The van der Waals surface area contributed by atoms with Gasteiger partial charge in [0.05, 0.1) is 26.6 Å². The van der Waals surface area contributed by atoms with Gasteiger partial charge in [-0.2, -0.15) is 5.10 Å². The highest BCUT2D eigenvalue weighted by atomic mass is 32.1. The molecule has 3 heterocycles. The van der Waals surface area contributed by atoms with Gasteiger partial charge in [0, 0.05) is 26.2 Å². The summed E-state index contributed by atoms with van der Waals surface area (Å²) < 4.78 is 16.0. The molecule has 2 N–H and O–H groups in total. The molecule has 1 aliphatic heterocycles. The van der Waals surface area contributed by atoms with Gasteiger partial charge in [-0.25, -0.2) is 4.98 Å². The molecule has 3 aromatic rings. The van der Waals surface area contributed by atoms with Crippen LogP contribution >= 0.6 is 11.3 Å². The van der Waals surface area contributed by atoms with Crippen molar-refractivity contribution in [1.82, 2.24) is 25.4 Å². The van der Waals surface area contributed by atoms with E-state index in [0.717, 1.165) is 19.5 Å². The van der Waals surface area contributed by atoms with E-state index in [4.69, 9.17) is 14.2 Å². The zero-order valence-corrected chi connectivity index (χ0v) is 19.2. The molecule has 13 heteroatoms. The number of anilines is 3. The molecule has 1 amide bonds. The van der Waals surface area contributed by atoms with E-state index in [9.17, 15) is 4.79 Å². The lowest BCUT2D eigenvalue weighted by atomic mass is 10.1. The lowest BCUT2D eigenvalue weighted by molar-refractivity contribution is -0.126. The van der Waals surface area contributed by atoms with Crippen LogP contribution in [-0.4, -0.2) is 71.7 Å². The molecule has 1 fully saturated rings. The van der Waals surface area contributed by atoms with Crippen molar-refractivity contribution in [1.29, 1.82) is 0 Å². The standard InChI is InChI=1S/C20H24N8O4S/c1-30-14-5-4-12(10-15(14)31-2)16(32-3)17(29)24-20-27-26-19(33-20)23-13-6-9-28(11-13)18-21-7-8-22-25-18/h4-5,7-8,10,13,16H,6,9,11H2,1-3H3,(H,23,26)(H,24,27,29). The Morgan fingerprint density at radius 3 is 2.67 bits per heavy atom. The number of rotatable bonds is 9. The predicted molar refractivity (Wildman–Crippen MR) is 122 cm³/mol. The fourth-order valence-electron chi connectivity index (χ4n) is 3.53. The number of carbonyl (C=O) groups is 1. The predicted octanol–water partition coefficient (Wildman–Crippen LogP) is 1.76. The monoisotopic (exact) mass is 472 g/mol. The Hall–Kier alpha value is -3.58. The van der Waals surface area contributed by atoms with E-state index in [1.807, 2.05) is 0 Å². The summed E-state index contributed by atoms with van der Waals surface area (Å²) in [6, 6.07) is 5.34. The lowest BCUT2D eigenvalue weighted by Gasteiger charge is -2.16. The molecule has 4 rings (SSSR count). The van der Waals surface area contributed by atoms with Crippen molar-refractivity contribution in [3.05, 3.63) is 36.2 Å². The number of nitrogens with zero attached hydrogens (tertiary/aromatic N) is 6. The first-order valence-corrected chi connectivity index (χ1v) is 11.0. The topological polar surface area (TPSA) is 137 Å². The summed E-state index contributed by atoms with van der Waals surface area (Å²) in [5.74, 6) is 1.31. The average molecular weight is 473 g/mol. The van der Waals surface area contributed by atoms with Crippen molar-refractivity contribution >= 4 is 33.5 Å². The zero-order valence-electron chi connectivity index (χ0n) is 18.4. The number of carbonyl (C=O) groups excluding carboxylic acids is 1. The number of aromatic nitrogens is 5. The van der Waals surface area contributed by atoms with Crippen LogP contribution in [0, 0.1) is 0 Å². The molecule has 0 aliphatic carbocycles. The van der Waals surface area contributed by atoms with Crippen LogP contribution in [0.2, 0.25) is 0 Å². The van der Waals surface area contributed by atoms with Crippen LogP contribution in [0.4, 0.5) is 16.2 Å². The van der Waals surface area contributed by atoms with Crippen molar-refractivity contribution in [2.75, 3.05) is 50.0 Å². The fourth-order valence-corrected chi connectivity index (χ4v) is 4.26. The molecule has 0 saturated carbocycles. The summed E-state index contributed by atoms with van der Waals surface area (Å²) in [6.07, 6.45) is 3.21. The Labute approximate surface area is 194 Å². The van der Waals surface area contributed by atoms with Gasteiger partial charge in [-0.1, -0.05) is 17.4 Å². The SMILES string of the molecule is COc1ccc(C(OC)C(=O)Nc2nnc(NC3CCN(c4nccnn4)C3)s2)cc1OC. The van der Waals surface area contributed by atoms with Crippen LogP contribution in [0.15, 0.2) is 30.6 Å². The van der Waals surface area contributed by atoms with Crippen molar-refractivity contribution in [2.45, 2.75) is 18.6 Å². The van der Waals surface area contributed by atoms with Crippen molar-refractivity contribution in [2.24, 2.45) is 0 Å². The highest BCUT2D eigenvalue weighted by Gasteiger charge is 2.26. The number of nitrogens with one attached hydrogen (secondary N) is 2. The number of ether oxygens (including phenoxy) is 3. The Morgan fingerprint density at radius 1 is 1.12 bits per heavy atom. The minimum Gasteiger partial charge on any atom is -0.493 e. The van der Waals surface area contributed by atoms with Gasteiger partial charge < -0.3 is 24.4 Å². The molecule has 1 aliphatic rings. The maximum absolute atomic E-state index is 12.8. The van der Waals surface area contributed by atoms with Gasteiger partial charge in [0.25, 0.3) is 5.91 Å². The molecule has 2 atom stereocenters. The number of methoxy groups -OCH3 is 3. The second kappa shape index (κ2) is 10.4. The van der Waals surface area contributed by atoms with Crippen molar-refractivity contribution in [3.8, 4) is 11.5 Å². The quantitative estimate of drug-likeness (QED) is 0.471. The molecule has 12 nitrogen and oxygen atoms in total. The third-order valence-electron chi connectivity index (χ3n) is 5.11. The van der Waals surface area contributed by atoms with Crippen LogP contribution in [0.3, 0.4) is 0 Å². The highest BCUT2D eigenvalue weighted by Crippen LogP contribution is 2.32. The van der Waals surface area contributed by atoms with Crippen LogP contribution in [0.1, 0.15) is 18.1 Å². The molecule has 2 aromatic heterocycles. The van der Waals surface area contributed by atoms with E-state index < -0.39 is 6.10 Å². The number of hydrogen-bond donors (Lipinski definition) is 2. The summed E-state index contributed by atoms with van der Waals surface area (Å²) in [6.45, 7) is 1.53. The molecule has 1 aromatic carbocycles. The smallest absolute Gasteiger partial charge is 0.259 e. The molecule has 1 saturated heterocycles. The molecule has 33 heavy (non-hydrogen) atoms. The van der Waals surface area contributed by atoms with Crippen LogP contribution < -0.4 is 25.0 Å². The Morgan fingerprint density at radius 2 is 1.94 bits per heavy atom. The molecule has 0 radical (unpaired) electrons. The molecule has 0 spiro atoms. The van der Waals surface area contributed by atoms with E-state index in [1.165, 1.54) is 25.6 Å². The molecule has 2 unspecified atom stereocenters. The van der Waals surface area contributed by atoms with Gasteiger partial charge in [-0.15, -0.1) is 15.3 Å². The summed E-state index contributed by atoms with van der Waals surface area (Å²) in [5, 5.41) is 23.2. The zero-order chi connectivity index (χ0) is 23.2. The van der Waals surface area contributed by atoms with E-state index >= 15 is 0 Å². The van der Waals surface area contributed by atoms with Crippen LogP contribution in [0.25, 0.3) is 0 Å². The summed E-state index contributed by atoms with van der Waals surface area (Å²) in [4.78, 5) is 19.1. The van der Waals surface area contributed by atoms with E-state index in [-0.39, 0.29) is 11.9 Å². The fraction of sp³-hybridized carbons (Fsp3) is 0.400. The summed E-state index contributed by atoms with van der Waals surface area (Å²) in [5.41, 5.74) is 0.624. The maximum atomic E-state index is 12.8. The van der Waals surface area contributed by atoms with Gasteiger partial charge in [-0.3, -0.25) is 10.1 Å². The molecular formula is C20H24N8O4S. The van der Waals surface area contributed by atoms with Crippen molar-refractivity contribution in [3.63, 3.8) is 0 Å². The second-order valence-corrected chi connectivity index (χ2v) is 8.13. The second-order valence-electron chi connectivity index (χ2n) is 7.15. The molecular weight excluding hydrogens is 448 g/mol. The maximum Gasteiger partial charge on any atom is 0.259 e. The number of amides is 1. The van der Waals surface area contributed by atoms with Gasteiger partial charge in [0.15, 0.2) is 17.6 Å². The lowest BCUT2D eigenvalue weighted by Crippen LogP contribution is -2.27. The van der Waals surface area contributed by atoms with Gasteiger partial charge in [0.2, 0.25) is 16.2 Å². The Kier molecular flexibility index (Phi) is 7.10. The van der Waals surface area contributed by atoms with Gasteiger partial charge in [-0.05, 0) is 24.1 Å². The summed E-state index contributed by atoms with van der Waals surface area (Å²) in [7, 11) is 4.55. The average Bonchev–Trinajstić information content (AvgIpc) is 3.49. The normalized spacial score (nSPS) is 16.3. The van der Waals surface area contributed by atoms with Crippen LogP contribution in [-0.2, 0) is 9.53 Å². The first kappa shape index (κ1) is 22.6. The first-order chi connectivity index (χ1) is 16.1. The van der Waals surface area contributed by atoms with Gasteiger partial charge >= 0.3 is 0 Å². The minimum absolute atomic E-state index is 0.156. The third kappa shape index (κ3) is 5.26. The third-order valence-corrected chi connectivity index (χ3v) is 5.88. The number of hydrogen-bond acceptors (Lipinski definition) is 12. The number of benzene rings is 1. The highest BCUT2D eigenvalue weighted by molar-refractivity contribution is 7.19. The first-order valence-electron chi connectivity index (χ1n) is 10.2. The minimum atomic E-state index is -0.854. The largest absolute Gasteiger partial charge is 0.493 e. The Balaban J connectivity index is 1.36. The van der Waals surface area contributed by atoms with Gasteiger partial charge in [0.1, 0.15) is 0 Å². The van der Waals surface area contributed by atoms with Crippen LogP contribution in [0.5, 0.6) is 11.5 Å². The summed E-state index contributed by atoms with van der Waals surface area (Å²) >= 11 is 1.25. The molecule has 0 bridgehead atoms. The van der Waals surface area contributed by atoms with E-state index in [0.29, 0.717) is 33.3 Å². The Bertz CT molecular complexity index is 1080. The van der Waals surface area contributed by atoms with E-state index in [2.05, 4.69) is 40.9 Å². The van der Waals surface area contributed by atoms with Crippen molar-refractivity contribution < 1.29 is 19.0 Å². The molecule has 174 valence electrons.